The molecule has 0 atom stereocenters. The number of nitrogens with zero attached hydrogens (tertiary/aromatic N) is 3. The first-order chi connectivity index (χ1) is 7.55. The molecule has 0 aliphatic rings. The lowest BCUT2D eigenvalue weighted by Gasteiger charge is -2.19. The van der Waals surface area contributed by atoms with E-state index < -0.39 is 0 Å². The van der Waals surface area contributed by atoms with Crippen LogP contribution in [0.1, 0.15) is 31.9 Å². The van der Waals surface area contributed by atoms with Crippen molar-refractivity contribution in [2.24, 2.45) is 0 Å². The third kappa shape index (κ3) is 2.48. The molecule has 2 rings (SSSR count). The largest absolute Gasteiger partial charge is 0.249 e. The second-order valence-corrected chi connectivity index (χ2v) is 5.04. The Balaban J connectivity index is 2.14. The van der Waals surface area contributed by atoms with Gasteiger partial charge in [0, 0.05) is 0 Å². The lowest BCUT2D eigenvalue weighted by Crippen LogP contribution is -2.11. The maximum absolute atomic E-state index is 4.09. The first-order valence-electron chi connectivity index (χ1n) is 5.47. The second kappa shape index (κ2) is 4.08. The van der Waals surface area contributed by atoms with Gasteiger partial charge in [0.25, 0.3) is 0 Å². The summed E-state index contributed by atoms with van der Waals surface area (Å²) >= 11 is 0. The van der Waals surface area contributed by atoms with Gasteiger partial charge in [-0.15, -0.1) is 0 Å². The fourth-order valence-corrected chi connectivity index (χ4v) is 1.61. The lowest BCUT2D eigenvalue weighted by atomic mass is 9.87. The van der Waals surface area contributed by atoms with Gasteiger partial charge in [0.1, 0.15) is 12.7 Å². The van der Waals surface area contributed by atoms with E-state index in [4.69, 9.17) is 0 Å². The van der Waals surface area contributed by atoms with Crippen molar-refractivity contribution in [1.82, 2.24) is 14.8 Å². The number of rotatable bonds is 2. The molecule has 0 saturated heterocycles. The molecule has 0 saturated carbocycles. The highest BCUT2D eigenvalue weighted by molar-refractivity contribution is 5.27. The van der Waals surface area contributed by atoms with Crippen LogP contribution in [0.2, 0.25) is 0 Å². The molecule has 0 unspecified atom stereocenters. The molecule has 1 heterocycles. The standard InChI is InChI=1S/C13H17N3/c1-13(2,3)12-6-4-11(5-7-12)8-16-10-14-9-15-16/h4-7,9-10H,8H2,1-3H3. The van der Waals surface area contributed by atoms with E-state index in [0.29, 0.717) is 0 Å². The Hall–Kier alpha value is -1.64. The molecule has 0 amide bonds. The predicted octanol–water partition coefficient (Wildman–Crippen LogP) is 2.62. The molecule has 0 radical (unpaired) electrons. The zero-order chi connectivity index (χ0) is 11.6. The minimum atomic E-state index is 0.214. The van der Waals surface area contributed by atoms with E-state index in [0.717, 1.165) is 6.54 Å². The molecule has 0 N–H and O–H groups in total. The topological polar surface area (TPSA) is 30.7 Å². The van der Waals surface area contributed by atoms with Gasteiger partial charge < -0.3 is 0 Å². The van der Waals surface area contributed by atoms with Gasteiger partial charge in [0.05, 0.1) is 6.54 Å². The van der Waals surface area contributed by atoms with E-state index in [9.17, 15) is 0 Å². The molecule has 0 aliphatic carbocycles. The summed E-state index contributed by atoms with van der Waals surface area (Å²) in [4.78, 5) is 3.93. The summed E-state index contributed by atoms with van der Waals surface area (Å²) in [5, 5.41) is 4.09. The Kier molecular flexibility index (Phi) is 2.77. The van der Waals surface area contributed by atoms with Crippen LogP contribution in [0.25, 0.3) is 0 Å². The zero-order valence-corrected chi connectivity index (χ0v) is 10.0. The summed E-state index contributed by atoms with van der Waals surface area (Å²) in [6.45, 7) is 7.45. The molecule has 3 heteroatoms. The van der Waals surface area contributed by atoms with Gasteiger partial charge in [-0.2, -0.15) is 5.10 Å². The monoisotopic (exact) mass is 215 g/mol. The third-order valence-corrected chi connectivity index (χ3v) is 2.63. The summed E-state index contributed by atoms with van der Waals surface area (Å²) in [6, 6.07) is 8.68. The van der Waals surface area contributed by atoms with Crippen LogP contribution in [0, 0.1) is 0 Å². The molecule has 0 bridgehead atoms. The van der Waals surface area contributed by atoms with Crippen molar-refractivity contribution in [1.29, 1.82) is 0 Å². The third-order valence-electron chi connectivity index (χ3n) is 2.63. The summed E-state index contributed by atoms with van der Waals surface area (Å²) in [5.41, 5.74) is 2.82. The van der Waals surface area contributed by atoms with E-state index in [2.05, 4.69) is 55.1 Å². The van der Waals surface area contributed by atoms with E-state index in [1.807, 2.05) is 4.68 Å². The minimum Gasteiger partial charge on any atom is -0.249 e. The Labute approximate surface area is 96.1 Å². The molecule has 0 aliphatic heterocycles. The van der Waals surface area contributed by atoms with Crippen molar-refractivity contribution in [2.45, 2.75) is 32.7 Å². The van der Waals surface area contributed by atoms with Crippen LogP contribution < -0.4 is 0 Å². The quantitative estimate of drug-likeness (QED) is 0.771. The zero-order valence-electron chi connectivity index (χ0n) is 10.0. The van der Waals surface area contributed by atoms with E-state index >= 15 is 0 Å². The van der Waals surface area contributed by atoms with Crippen LogP contribution >= 0.6 is 0 Å². The van der Waals surface area contributed by atoms with Crippen molar-refractivity contribution in [3.05, 3.63) is 48.0 Å². The molecule has 0 fully saturated rings. The van der Waals surface area contributed by atoms with Crippen molar-refractivity contribution >= 4 is 0 Å². The summed E-state index contributed by atoms with van der Waals surface area (Å²) < 4.78 is 1.83. The normalized spacial score (nSPS) is 11.7. The SMILES string of the molecule is CC(C)(C)c1ccc(Cn2cncn2)cc1. The first kappa shape index (κ1) is 10.9. The number of benzene rings is 1. The van der Waals surface area contributed by atoms with Crippen LogP contribution in [0.4, 0.5) is 0 Å². The Morgan fingerprint density at radius 1 is 1.12 bits per heavy atom. The van der Waals surface area contributed by atoms with Gasteiger partial charge in [-0.05, 0) is 16.5 Å². The van der Waals surface area contributed by atoms with Crippen molar-refractivity contribution < 1.29 is 0 Å². The molecule has 0 spiro atoms. The average Bonchev–Trinajstić information content (AvgIpc) is 2.70. The summed E-state index contributed by atoms with van der Waals surface area (Å²) in [6.07, 6.45) is 3.29. The van der Waals surface area contributed by atoms with Crippen LogP contribution in [-0.2, 0) is 12.0 Å². The highest BCUT2D eigenvalue weighted by atomic mass is 15.3. The molecule has 16 heavy (non-hydrogen) atoms. The summed E-state index contributed by atoms with van der Waals surface area (Å²) in [5.74, 6) is 0. The highest BCUT2D eigenvalue weighted by Gasteiger charge is 2.12. The number of hydrogen-bond donors (Lipinski definition) is 0. The molecule has 2 aromatic rings. The van der Waals surface area contributed by atoms with E-state index in [-0.39, 0.29) is 5.41 Å². The van der Waals surface area contributed by atoms with Gasteiger partial charge in [-0.1, -0.05) is 45.0 Å². The second-order valence-electron chi connectivity index (χ2n) is 5.04. The number of hydrogen-bond acceptors (Lipinski definition) is 2. The van der Waals surface area contributed by atoms with Gasteiger partial charge >= 0.3 is 0 Å². The fourth-order valence-electron chi connectivity index (χ4n) is 1.61. The fraction of sp³-hybridized carbons (Fsp3) is 0.385. The molecule has 84 valence electrons. The van der Waals surface area contributed by atoms with E-state index in [1.165, 1.54) is 11.1 Å². The van der Waals surface area contributed by atoms with Gasteiger partial charge in [0.2, 0.25) is 0 Å². The maximum atomic E-state index is 4.09. The molecular formula is C13H17N3. The smallest absolute Gasteiger partial charge is 0.137 e. The maximum Gasteiger partial charge on any atom is 0.137 e. The van der Waals surface area contributed by atoms with Crippen molar-refractivity contribution in [3.8, 4) is 0 Å². The predicted molar refractivity (Wildman–Crippen MR) is 64.3 cm³/mol. The van der Waals surface area contributed by atoms with Gasteiger partial charge in [-0.3, -0.25) is 0 Å². The highest BCUT2D eigenvalue weighted by Crippen LogP contribution is 2.22. The van der Waals surface area contributed by atoms with Gasteiger partial charge in [-0.25, -0.2) is 9.67 Å². The Morgan fingerprint density at radius 3 is 2.31 bits per heavy atom. The Bertz CT molecular complexity index is 435. The molecule has 1 aromatic carbocycles. The lowest BCUT2D eigenvalue weighted by molar-refractivity contribution is 0.589. The molecule has 1 aromatic heterocycles. The number of aromatic nitrogens is 3. The van der Waals surface area contributed by atoms with Crippen LogP contribution in [0.3, 0.4) is 0 Å². The minimum absolute atomic E-state index is 0.214. The average molecular weight is 215 g/mol. The molecule has 3 nitrogen and oxygen atoms in total. The first-order valence-corrected chi connectivity index (χ1v) is 5.47. The van der Waals surface area contributed by atoms with Crippen molar-refractivity contribution in [2.75, 3.05) is 0 Å². The van der Waals surface area contributed by atoms with Crippen molar-refractivity contribution in [3.63, 3.8) is 0 Å². The Morgan fingerprint density at radius 2 is 1.81 bits per heavy atom. The van der Waals surface area contributed by atoms with Crippen LogP contribution in [0.5, 0.6) is 0 Å². The van der Waals surface area contributed by atoms with Crippen LogP contribution in [-0.4, -0.2) is 14.8 Å². The molecular weight excluding hydrogens is 198 g/mol. The summed E-state index contributed by atoms with van der Waals surface area (Å²) in [7, 11) is 0. The van der Waals surface area contributed by atoms with Crippen LogP contribution in [0.15, 0.2) is 36.9 Å². The van der Waals surface area contributed by atoms with E-state index in [1.54, 1.807) is 12.7 Å². The van der Waals surface area contributed by atoms with Gasteiger partial charge in [0.15, 0.2) is 0 Å².